The van der Waals surface area contributed by atoms with E-state index < -0.39 is 30.3 Å². The lowest BCUT2D eigenvalue weighted by Crippen LogP contribution is -2.35. The molecule has 1 aromatic carbocycles. The molecule has 3 aliphatic rings. The Labute approximate surface area is 155 Å². The molecule has 1 aromatic rings. The number of carbonyl (C=O) groups excluding carboxylic acids is 1. The van der Waals surface area contributed by atoms with Crippen LogP contribution in [0.5, 0.6) is 0 Å². The van der Waals surface area contributed by atoms with Gasteiger partial charge in [0.25, 0.3) is 0 Å². The fourth-order valence-electron chi connectivity index (χ4n) is 3.44. The minimum Gasteiger partial charge on any atom is -0.452 e. The van der Waals surface area contributed by atoms with E-state index in [9.17, 15) is 9.18 Å². The van der Waals surface area contributed by atoms with Crippen LogP contribution in [0.3, 0.4) is 0 Å². The van der Waals surface area contributed by atoms with Gasteiger partial charge in [0.2, 0.25) is 5.83 Å². The number of halogens is 1. The van der Waals surface area contributed by atoms with Crippen LogP contribution in [0.15, 0.2) is 41.7 Å². The maximum absolute atomic E-state index is 14.5. The van der Waals surface area contributed by atoms with Gasteiger partial charge in [-0.05, 0) is 0 Å². The first-order valence-electron chi connectivity index (χ1n) is 8.80. The molecule has 0 saturated carbocycles. The van der Waals surface area contributed by atoms with Gasteiger partial charge in [0.1, 0.15) is 18.3 Å². The van der Waals surface area contributed by atoms with Crippen LogP contribution in [0.1, 0.15) is 11.9 Å². The molecule has 0 unspecified atom stereocenters. The maximum atomic E-state index is 14.5. The van der Waals surface area contributed by atoms with Crippen molar-refractivity contribution in [1.82, 2.24) is 0 Å². The number of hydrogen-bond acceptors (Lipinski definition) is 7. The van der Waals surface area contributed by atoms with E-state index in [1.54, 1.807) is 7.11 Å². The lowest BCUT2D eigenvalue weighted by atomic mass is 10.1. The van der Waals surface area contributed by atoms with Crippen molar-refractivity contribution < 1.29 is 37.6 Å². The molecule has 3 aliphatic heterocycles. The quantitative estimate of drug-likeness (QED) is 0.581. The van der Waals surface area contributed by atoms with E-state index in [4.69, 9.17) is 28.4 Å². The van der Waals surface area contributed by atoms with Gasteiger partial charge in [0.05, 0.1) is 26.4 Å². The fourth-order valence-corrected chi connectivity index (χ4v) is 3.44. The normalized spacial score (nSPS) is 33.0. The first-order chi connectivity index (χ1) is 13.2. The number of ether oxygens (including phenoxy) is 6. The standard InChI is InChI=1S/C19H21FO7/c1-22-13-9-23-17-14(10-24-16(13)17)27-18(21)15(20)12-7-25-19(26-8-12)11-5-3-2-4-6-11/h2-6,13-14,16-17,19H,7-10H2,1H3/t13-,14-,16-,17-,19?/m1/s1. The fraction of sp³-hybridized carbons (Fsp3) is 0.526. The van der Waals surface area contributed by atoms with Gasteiger partial charge in [-0.2, -0.15) is 4.39 Å². The van der Waals surface area contributed by atoms with E-state index in [0.29, 0.717) is 6.61 Å². The van der Waals surface area contributed by atoms with E-state index >= 15 is 0 Å². The van der Waals surface area contributed by atoms with E-state index in [-0.39, 0.29) is 37.6 Å². The summed E-state index contributed by atoms with van der Waals surface area (Å²) < 4.78 is 47.2. The molecular formula is C19H21FO7. The van der Waals surface area contributed by atoms with Crippen LogP contribution in [0.2, 0.25) is 0 Å². The lowest BCUT2D eigenvalue weighted by molar-refractivity contribution is -0.164. The van der Waals surface area contributed by atoms with Crippen molar-refractivity contribution in [3.8, 4) is 0 Å². The Bertz CT molecular complexity index is 697. The molecule has 146 valence electrons. The summed E-state index contributed by atoms with van der Waals surface area (Å²) in [6, 6.07) is 9.32. The third-order valence-corrected chi connectivity index (χ3v) is 4.90. The third-order valence-electron chi connectivity index (χ3n) is 4.90. The summed E-state index contributed by atoms with van der Waals surface area (Å²) in [5.41, 5.74) is 0.949. The number of benzene rings is 1. The van der Waals surface area contributed by atoms with Gasteiger partial charge in [-0.1, -0.05) is 30.3 Å². The first kappa shape index (κ1) is 18.5. The van der Waals surface area contributed by atoms with Crippen molar-refractivity contribution in [3.63, 3.8) is 0 Å². The average molecular weight is 380 g/mol. The topological polar surface area (TPSA) is 72.5 Å². The van der Waals surface area contributed by atoms with Crippen LogP contribution in [-0.4, -0.2) is 63.9 Å². The van der Waals surface area contributed by atoms with Crippen LogP contribution in [0.25, 0.3) is 0 Å². The summed E-state index contributed by atoms with van der Waals surface area (Å²) in [5, 5.41) is 0. The molecule has 3 fully saturated rings. The van der Waals surface area contributed by atoms with Crippen LogP contribution >= 0.6 is 0 Å². The number of esters is 1. The monoisotopic (exact) mass is 380 g/mol. The summed E-state index contributed by atoms with van der Waals surface area (Å²) >= 11 is 0. The van der Waals surface area contributed by atoms with E-state index in [1.165, 1.54) is 0 Å². The molecule has 27 heavy (non-hydrogen) atoms. The van der Waals surface area contributed by atoms with Crippen molar-refractivity contribution in [2.75, 3.05) is 33.5 Å². The lowest BCUT2D eigenvalue weighted by Gasteiger charge is -2.26. The Hall–Kier alpha value is -1.84. The van der Waals surface area contributed by atoms with Crippen molar-refractivity contribution in [2.45, 2.75) is 30.7 Å². The van der Waals surface area contributed by atoms with E-state index in [1.807, 2.05) is 30.3 Å². The molecule has 0 radical (unpaired) electrons. The SMILES string of the molecule is CO[C@@H]1CO[C@H]2[C@@H]1OC[C@H]2OC(=O)C(F)=C1COC(c2ccccc2)OC1. The molecule has 4 rings (SSSR count). The maximum Gasteiger partial charge on any atom is 0.367 e. The molecule has 0 bridgehead atoms. The minimum absolute atomic E-state index is 0.0457. The Kier molecular flexibility index (Phi) is 5.51. The smallest absolute Gasteiger partial charge is 0.367 e. The second kappa shape index (κ2) is 8.04. The zero-order chi connectivity index (χ0) is 18.8. The summed E-state index contributed by atoms with van der Waals surface area (Å²) in [6.07, 6.45) is -2.22. The van der Waals surface area contributed by atoms with E-state index in [2.05, 4.69) is 0 Å². The number of methoxy groups -OCH3 is 1. The molecule has 4 atom stereocenters. The van der Waals surface area contributed by atoms with Crippen molar-refractivity contribution in [1.29, 1.82) is 0 Å². The molecule has 0 N–H and O–H groups in total. The zero-order valence-electron chi connectivity index (χ0n) is 14.8. The number of carbonyl (C=O) groups is 1. The van der Waals surface area contributed by atoms with Gasteiger partial charge < -0.3 is 28.4 Å². The molecule has 3 saturated heterocycles. The zero-order valence-corrected chi connectivity index (χ0v) is 14.8. The van der Waals surface area contributed by atoms with Crippen molar-refractivity contribution in [2.24, 2.45) is 0 Å². The van der Waals surface area contributed by atoms with Crippen LogP contribution in [0, 0.1) is 0 Å². The predicted molar refractivity (Wildman–Crippen MR) is 89.4 cm³/mol. The van der Waals surface area contributed by atoms with E-state index in [0.717, 1.165) is 5.56 Å². The predicted octanol–water partition coefficient (Wildman–Crippen LogP) is 1.68. The highest BCUT2D eigenvalue weighted by molar-refractivity contribution is 5.87. The van der Waals surface area contributed by atoms with Gasteiger partial charge >= 0.3 is 5.97 Å². The second-order valence-electron chi connectivity index (χ2n) is 6.60. The molecule has 0 spiro atoms. The number of fused-ring (bicyclic) bond motifs is 1. The molecule has 0 aliphatic carbocycles. The average Bonchev–Trinajstić information content (AvgIpc) is 3.31. The molecule has 8 heteroatoms. The largest absolute Gasteiger partial charge is 0.452 e. The number of hydrogen-bond donors (Lipinski definition) is 0. The van der Waals surface area contributed by atoms with Crippen LogP contribution < -0.4 is 0 Å². The van der Waals surface area contributed by atoms with Gasteiger partial charge in [-0.25, -0.2) is 4.79 Å². The first-order valence-corrected chi connectivity index (χ1v) is 8.80. The molecule has 0 amide bonds. The van der Waals surface area contributed by atoms with Crippen molar-refractivity contribution in [3.05, 3.63) is 47.3 Å². The van der Waals surface area contributed by atoms with Gasteiger partial charge in [-0.15, -0.1) is 0 Å². The molecule has 3 heterocycles. The number of rotatable bonds is 4. The van der Waals surface area contributed by atoms with Crippen molar-refractivity contribution >= 4 is 5.97 Å². The summed E-state index contributed by atoms with van der Waals surface area (Å²) in [4.78, 5) is 12.2. The Morgan fingerprint density at radius 2 is 1.63 bits per heavy atom. The van der Waals surface area contributed by atoms with Crippen LogP contribution in [-0.2, 0) is 33.2 Å². The highest BCUT2D eigenvalue weighted by Gasteiger charge is 2.50. The molecular weight excluding hydrogens is 359 g/mol. The Morgan fingerprint density at radius 1 is 1.00 bits per heavy atom. The summed E-state index contributed by atoms with van der Waals surface area (Å²) in [6.45, 7) is 0.407. The van der Waals surface area contributed by atoms with Gasteiger partial charge in [0.15, 0.2) is 12.4 Å². The summed E-state index contributed by atoms with van der Waals surface area (Å²) in [7, 11) is 1.56. The molecule has 0 aromatic heterocycles. The Balaban J connectivity index is 1.34. The highest BCUT2D eigenvalue weighted by atomic mass is 19.1. The second-order valence-corrected chi connectivity index (χ2v) is 6.60. The third kappa shape index (κ3) is 3.76. The molecule has 7 nitrogen and oxygen atoms in total. The minimum atomic E-state index is -1.06. The Morgan fingerprint density at radius 3 is 2.30 bits per heavy atom. The van der Waals surface area contributed by atoms with Gasteiger partial charge in [0, 0.05) is 18.2 Å². The van der Waals surface area contributed by atoms with Gasteiger partial charge in [-0.3, -0.25) is 0 Å². The highest BCUT2D eigenvalue weighted by Crippen LogP contribution is 2.31. The van der Waals surface area contributed by atoms with Crippen LogP contribution in [0.4, 0.5) is 4.39 Å². The summed E-state index contributed by atoms with van der Waals surface area (Å²) in [5.74, 6) is -2.06.